The lowest BCUT2D eigenvalue weighted by Gasteiger charge is -2.33. The highest BCUT2D eigenvalue weighted by molar-refractivity contribution is 5.83. The second-order valence-corrected chi connectivity index (χ2v) is 7.34. The van der Waals surface area contributed by atoms with E-state index in [2.05, 4.69) is 48.3 Å². The fraction of sp³-hybridized carbons (Fsp3) is 0.632. The van der Waals surface area contributed by atoms with Crippen LogP contribution in [0.4, 0.5) is 0 Å². The van der Waals surface area contributed by atoms with Crippen LogP contribution >= 0.6 is 0 Å². The molecule has 0 spiro atoms. The Morgan fingerprint density at radius 3 is 2.55 bits per heavy atom. The Bertz CT molecular complexity index is 491. The van der Waals surface area contributed by atoms with Crippen molar-refractivity contribution in [2.45, 2.75) is 45.1 Å². The molecule has 2 fully saturated rings. The third-order valence-electron chi connectivity index (χ3n) is 4.91. The lowest BCUT2D eigenvalue weighted by molar-refractivity contribution is -0.123. The molecule has 1 aromatic rings. The molecule has 22 heavy (non-hydrogen) atoms. The van der Waals surface area contributed by atoms with Crippen molar-refractivity contribution in [1.29, 1.82) is 0 Å². The van der Waals surface area contributed by atoms with Gasteiger partial charge in [-0.1, -0.05) is 44.2 Å². The van der Waals surface area contributed by atoms with E-state index in [-0.39, 0.29) is 11.8 Å². The molecule has 1 saturated heterocycles. The zero-order chi connectivity index (χ0) is 15.5. The van der Waals surface area contributed by atoms with E-state index >= 15 is 0 Å². The van der Waals surface area contributed by atoms with E-state index < -0.39 is 0 Å². The highest BCUT2D eigenvalue weighted by Gasteiger charge is 2.44. The number of nitrogens with one attached hydrogen (secondary N) is 1. The van der Waals surface area contributed by atoms with Gasteiger partial charge in [0.1, 0.15) is 0 Å². The Morgan fingerprint density at radius 1 is 1.23 bits per heavy atom. The fourth-order valence-corrected chi connectivity index (χ4v) is 3.64. The van der Waals surface area contributed by atoms with E-state index in [1.807, 2.05) is 6.07 Å². The summed E-state index contributed by atoms with van der Waals surface area (Å²) in [5, 5.41) is 3.29. The molecule has 0 bridgehead atoms. The number of piperidine rings is 1. The molecule has 1 aromatic carbocycles. The summed E-state index contributed by atoms with van der Waals surface area (Å²) in [4.78, 5) is 14.9. The number of carbonyl (C=O) groups is 1. The molecule has 3 heteroatoms. The number of likely N-dealkylation sites (tertiary alicyclic amines) is 1. The smallest absolute Gasteiger partial charge is 0.223 e. The number of benzene rings is 1. The lowest BCUT2D eigenvalue weighted by Crippen LogP contribution is -2.46. The van der Waals surface area contributed by atoms with Gasteiger partial charge < -0.3 is 10.2 Å². The third-order valence-corrected chi connectivity index (χ3v) is 4.91. The number of hydrogen-bond acceptors (Lipinski definition) is 2. The summed E-state index contributed by atoms with van der Waals surface area (Å²) in [5.74, 6) is 1.65. The van der Waals surface area contributed by atoms with Crippen LogP contribution in [0.1, 0.15) is 44.6 Å². The summed E-state index contributed by atoms with van der Waals surface area (Å²) in [6.45, 7) is 7.96. The largest absolute Gasteiger partial charge is 0.353 e. The molecular weight excluding hydrogens is 272 g/mol. The minimum absolute atomic E-state index is 0.205. The van der Waals surface area contributed by atoms with Crippen LogP contribution in [0.2, 0.25) is 0 Å². The van der Waals surface area contributed by atoms with Crippen LogP contribution in [-0.2, 0) is 4.79 Å². The lowest BCUT2D eigenvalue weighted by atomic mass is 10.0. The van der Waals surface area contributed by atoms with Crippen molar-refractivity contribution in [1.82, 2.24) is 10.2 Å². The van der Waals surface area contributed by atoms with Gasteiger partial charge in [-0.05, 0) is 36.7 Å². The van der Waals surface area contributed by atoms with Gasteiger partial charge in [-0.2, -0.15) is 0 Å². The average molecular weight is 300 g/mol. The van der Waals surface area contributed by atoms with Crippen molar-refractivity contribution < 1.29 is 4.79 Å². The summed E-state index contributed by atoms with van der Waals surface area (Å²) >= 11 is 0. The highest BCUT2D eigenvalue weighted by Crippen LogP contribution is 2.47. The predicted octanol–water partition coefficient (Wildman–Crippen LogP) is 3.03. The van der Waals surface area contributed by atoms with Crippen LogP contribution in [0.3, 0.4) is 0 Å². The molecule has 1 amide bonds. The first-order chi connectivity index (χ1) is 10.6. The SMILES string of the molecule is CC(C)CN1CCC(NC(=O)[C@@H]2C[C@@H]2c2ccccc2)CC1. The maximum Gasteiger partial charge on any atom is 0.223 e. The van der Waals surface area contributed by atoms with E-state index in [9.17, 15) is 4.79 Å². The van der Waals surface area contributed by atoms with Gasteiger partial charge in [0.15, 0.2) is 0 Å². The molecule has 0 radical (unpaired) electrons. The number of hydrogen-bond donors (Lipinski definition) is 1. The van der Waals surface area contributed by atoms with Crippen molar-refractivity contribution in [3.05, 3.63) is 35.9 Å². The van der Waals surface area contributed by atoms with Gasteiger partial charge in [0, 0.05) is 31.6 Å². The van der Waals surface area contributed by atoms with E-state index in [0.717, 1.165) is 38.3 Å². The quantitative estimate of drug-likeness (QED) is 0.906. The monoisotopic (exact) mass is 300 g/mol. The summed E-state index contributed by atoms with van der Waals surface area (Å²) in [6, 6.07) is 10.8. The minimum Gasteiger partial charge on any atom is -0.353 e. The Labute approximate surface area is 134 Å². The summed E-state index contributed by atoms with van der Waals surface area (Å²) in [6.07, 6.45) is 3.21. The second kappa shape index (κ2) is 6.82. The molecule has 1 aliphatic heterocycles. The molecule has 0 unspecified atom stereocenters. The predicted molar refractivity (Wildman–Crippen MR) is 89.7 cm³/mol. The molecule has 1 N–H and O–H groups in total. The molecule has 3 nitrogen and oxygen atoms in total. The molecule has 3 rings (SSSR count). The topological polar surface area (TPSA) is 32.3 Å². The van der Waals surface area contributed by atoms with Crippen molar-refractivity contribution in [3.63, 3.8) is 0 Å². The van der Waals surface area contributed by atoms with Crippen LogP contribution in [-0.4, -0.2) is 36.5 Å². The molecule has 1 saturated carbocycles. The second-order valence-electron chi connectivity index (χ2n) is 7.34. The van der Waals surface area contributed by atoms with Crippen LogP contribution in [0.25, 0.3) is 0 Å². The van der Waals surface area contributed by atoms with Crippen molar-refractivity contribution >= 4 is 5.91 Å². The highest BCUT2D eigenvalue weighted by atomic mass is 16.2. The first-order valence-electron chi connectivity index (χ1n) is 8.71. The van der Waals surface area contributed by atoms with Crippen LogP contribution in [0.5, 0.6) is 0 Å². The fourth-order valence-electron chi connectivity index (χ4n) is 3.64. The average Bonchev–Trinajstić information content (AvgIpc) is 3.30. The standard InChI is InChI=1S/C19H28N2O/c1-14(2)13-21-10-8-16(9-11-21)20-19(22)18-12-17(18)15-6-4-3-5-7-15/h3-7,14,16-18H,8-13H2,1-2H3,(H,20,22)/t17-,18-/m1/s1. The Kier molecular flexibility index (Phi) is 4.82. The van der Waals surface area contributed by atoms with Gasteiger partial charge in [-0.15, -0.1) is 0 Å². The van der Waals surface area contributed by atoms with E-state index in [1.54, 1.807) is 0 Å². The van der Waals surface area contributed by atoms with Gasteiger partial charge in [0.25, 0.3) is 0 Å². The van der Waals surface area contributed by atoms with E-state index in [4.69, 9.17) is 0 Å². The van der Waals surface area contributed by atoms with Crippen LogP contribution < -0.4 is 5.32 Å². The van der Waals surface area contributed by atoms with Gasteiger partial charge in [0.2, 0.25) is 5.91 Å². The summed E-state index contributed by atoms with van der Waals surface area (Å²) in [5.41, 5.74) is 1.31. The number of carbonyl (C=O) groups excluding carboxylic acids is 1. The molecular formula is C19H28N2O. The van der Waals surface area contributed by atoms with Crippen LogP contribution in [0, 0.1) is 11.8 Å². The Balaban J connectivity index is 1.42. The van der Waals surface area contributed by atoms with Crippen molar-refractivity contribution in [2.75, 3.05) is 19.6 Å². The minimum atomic E-state index is 0.205. The van der Waals surface area contributed by atoms with E-state index in [0.29, 0.717) is 12.0 Å². The number of rotatable bonds is 5. The molecule has 2 aliphatic rings. The van der Waals surface area contributed by atoms with Gasteiger partial charge >= 0.3 is 0 Å². The van der Waals surface area contributed by atoms with Gasteiger partial charge in [0.05, 0.1) is 0 Å². The third kappa shape index (κ3) is 3.89. The van der Waals surface area contributed by atoms with Crippen LogP contribution in [0.15, 0.2) is 30.3 Å². The number of nitrogens with zero attached hydrogens (tertiary/aromatic N) is 1. The first-order valence-corrected chi connectivity index (χ1v) is 8.71. The maximum atomic E-state index is 12.4. The Morgan fingerprint density at radius 2 is 1.91 bits per heavy atom. The summed E-state index contributed by atoms with van der Waals surface area (Å²) < 4.78 is 0. The van der Waals surface area contributed by atoms with Gasteiger partial charge in [-0.25, -0.2) is 0 Å². The normalized spacial score (nSPS) is 26.1. The van der Waals surface area contributed by atoms with Crippen molar-refractivity contribution in [3.8, 4) is 0 Å². The summed E-state index contributed by atoms with van der Waals surface area (Å²) in [7, 11) is 0. The van der Waals surface area contributed by atoms with Crippen molar-refractivity contribution in [2.24, 2.45) is 11.8 Å². The molecule has 2 atom stereocenters. The van der Waals surface area contributed by atoms with E-state index in [1.165, 1.54) is 12.1 Å². The molecule has 1 aliphatic carbocycles. The van der Waals surface area contributed by atoms with Gasteiger partial charge in [-0.3, -0.25) is 4.79 Å². The first kappa shape index (κ1) is 15.5. The maximum absolute atomic E-state index is 12.4. The number of amides is 1. The Hall–Kier alpha value is -1.35. The molecule has 120 valence electrons. The molecule has 0 aromatic heterocycles. The zero-order valence-electron chi connectivity index (χ0n) is 13.8. The zero-order valence-corrected chi connectivity index (χ0v) is 13.8. The molecule has 1 heterocycles.